The molecule has 1 rings (SSSR count). The van der Waals surface area contributed by atoms with Gasteiger partial charge in [0, 0.05) is 13.1 Å². The van der Waals surface area contributed by atoms with Crippen LogP contribution >= 0.6 is 0 Å². The normalized spacial score (nSPS) is 20.1. The first-order valence-electron chi connectivity index (χ1n) is 7.29. The van der Waals surface area contributed by atoms with Gasteiger partial charge in [-0.25, -0.2) is 0 Å². The minimum absolute atomic E-state index is 0.401. The van der Waals surface area contributed by atoms with Gasteiger partial charge in [-0.05, 0) is 50.1 Å². The lowest BCUT2D eigenvalue weighted by Crippen LogP contribution is -2.34. The van der Waals surface area contributed by atoms with E-state index >= 15 is 0 Å². The summed E-state index contributed by atoms with van der Waals surface area (Å²) in [5.41, 5.74) is 6.31. The Morgan fingerprint density at radius 2 is 1.82 bits per heavy atom. The molecule has 17 heavy (non-hydrogen) atoms. The minimum atomic E-state index is 0.401. The molecule has 0 radical (unpaired) electrons. The van der Waals surface area contributed by atoms with Crippen LogP contribution in [0.3, 0.4) is 0 Å². The Labute approximate surface area is 108 Å². The topological polar surface area (TPSA) is 29.3 Å². The zero-order chi connectivity index (χ0) is 12.9. The van der Waals surface area contributed by atoms with E-state index in [9.17, 15) is 0 Å². The standard InChI is InChI=1S/C15H32N2/c1-15(2,3)9-14(10-16)12-17(4)11-13-7-5-6-8-13/h13-14H,5-12,16H2,1-4H3. The van der Waals surface area contributed by atoms with Gasteiger partial charge in [-0.2, -0.15) is 0 Å². The molecule has 1 saturated carbocycles. The van der Waals surface area contributed by atoms with Gasteiger partial charge in [-0.3, -0.25) is 0 Å². The van der Waals surface area contributed by atoms with E-state index in [1.165, 1.54) is 45.2 Å². The fourth-order valence-electron chi connectivity index (χ4n) is 3.24. The van der Waals surface area contributed by atoms with E-state index in [4.69, 9.17) is 5.73 Å². The lowest BCUT2D eigenvalue weighted by Gasteiger charge is -2.29. The molecule has 1 aliphatic carbocycles. The molecule has 0 aliphatic heterocycles. The van der Waals surface area contributed by atoms with Crippen LogP contribution in [0.4, 0.5) is 0 Å². The van der Waals surface area contributed by atoms with Crippen molar-refractivity contribution in [3.8, 4) is 0 Å². The van der Waals surface area contributed by atoms with Crippen molar-refractivity contribution in [2.45, 2.75) is 52.9 Å². The molecule has 0 amide bonds. The second-order valence-electron chi connectivity index (χ2n) is 7.24. The summed E-state index contributed by atoms with van der Waals surface area (Å²) >= 11 is 0. The van der Waals surface area contributed by atoms with E-state index in [0.29, 0.717) is 11.3 Å². The molecule has 0 saturated heterocycles. The molecule has 0 aromatic heterocycles. The first-order chi connectivity index (χ1) is 7.90. The van der Waals surface area contributed by atoms with Gasteiger partial charge in [0.05, 0.1) is 0 Å². The van der Waals surface area contributed by atoms with Crippen LogP contribution in [0, 0.1) is 17.3 Å². The Hall–Kier alpha value is -0.0800. The van der Waals surface area contributed by atoms with Crippen molar-refractivity contribution in [1.29, 1.82) is 0 Å². The highest BCUT2D eigenvalue weighted by atomic mass is 15.1. The van der Waals surface area contributed by atoms with E-state index in [-0.39, 0.29) is 0 Å². The summed E-state index contributed by atoms with van der Waals surface area (Å²) in [7, 11) is 2.27. The molecule has 1 unspecified atom stereocenters. The Morgan fingerprint density at radius 3 is 2.29 bits per heavy atom. The maximum Gasteiger partial charge on any atom is 0.00190 e. The number of nitrogens with two attached hydrogens (primary N) is 1. The van der Waals surface area contributed by atoms with Crippen LogP contribution in [0.5, 0.6) is 0 Å². The summed E-state index contributed by atoms with van der Waals surface area (Å²) in [4.78, 5) is 2.51. The average molecular weight is 240 g/mol. The van der Waals surface area contributed by atoms with Gasteiger partial charge in [0.1, 0.15) is 0 Å². The van der Waals surface area contributed by atoms with E-state index in [0.717, 1.165) is 12.5 Å². The number of hydrogen-bond acceptors (Lipinski definition) is 2. The van der Waals surface area contributed by atoms with Crippen LogP contribution in [0.25, 0.3) is 0 Å². The van der Waals surface area contributed by atoms with Crippen molar-refractivity contribution >= 4 is 0 Å². The monoisotopic (exact) mass is 240 g/mol. The van der Waals surface area contributed by atoms with E-state index in [2.05, 4.69) is 32.7 Å². The van der Waals surface area contributed by atoms with Crippen molar-refractivity contribution in [1.82, 2.24) is 4.90 Å². The highest BCUT2D eigenvalue weighted by Crippen LogP contribution is 2.27. The first-order valence-corrected chi connectivity index (χ1v) is 7.29. The fraction of sp³-hybridized carbons (Fsp3) is 1.00. The zero-order valence-corrected chi connectivity index (χ0v) is 12.3. The molecule has 2 N–H and O–H groups in total. The zero-order valence-electron chi connectivity index (χ0n) is 12.3. The molecule has 1 aliphatic rings. The number of nitrogens with zero attached hydrogens (tertiary/aromatic N) is 1. The summed E-state index contributed by atoms with van der Waals surface area (Å²) < 4.78 is 0. The molecule has 102 valence electrons. The third-order valence-corrected chi connectivity index (χ3v) is 3.85. The Balaban J connectivity index is 2.28. The fourth-order valence-corrected chi connectivity index (χ4v) is 3.24. The Morgan fingerprint density at radius 1 is 1.24 bits per heavy atom. The Kier molecular flexibility index (Phi) is 5.94. The lowest BCUT2D eigenvalue weighted by molar-refractivity contribution is 0.201. The largest absolute Gasteiger partial charge is 0.330 e. The minimum Gasteiger partial charge on any atom is -0.330 e. The van der Waals surface area contributed by atoms with Crippen molar-refractivity contribution in [2.75, 3.05) is 26.7 Å². The SMILES string of the molecule is CN(CC1CCCC1)CC(CN)CC(C)(C)C. The van der Waals surface area contributed by atoms with E-state index in [1.807, 2.05) is 0 Å². The Bertz CT molecular complexity index is 201. The average Bonchev–Trinajstić information content (AvgIpc) is 2.67. The van der Waals surface area contributed by atoms with Gasteiger partial charge in [-0.1, -0.05) is 33.6 Å². The van der Waals surface area contributed by atoms with Gasteiger partial charge in [0.2, 0.25) is 0 Å². The highest BCUT2D eigenvalue weighted by Gasteiger charge is 2.21. The molecule has 0 heterocycles. The third-order valence-electron chi connectivity index (χ3n) is 3.85. The molecule has 0 aromatic carbocycles. The molecular weight excluding hydrogens is 208 g/mol. The predicted molar refractivity (Wildman–Crippen MR) is 76.1 cm³/mol. The summed E-state index contributed by atoms with van der Waals surface area (Å²) in [6, 6.07) is 0. The van der Waals surface area contributed by atoms with Crippen molar-refractivity contribution < 1.29 is 0 Å². The van der Waals surface area contributed by atoms with Crippen molar-refractivity contribution in [2.24, 2.45) is 23.0 Å². The summed E-state index contributed by atoms with van der Waals surface area (Å²) in [5.74, 6) is 1.61. The summed E-state index contributed by atoms with van der Waals surface area (Å²) in [5, 5.41) is 0. The van der Waals surface area contributed by atoms with Gasteiger partial charge in [0.15, 0.2) is 0 Å². The second-order valence-corrected chi connectivity index (χ2v) is 7.24. The molecule has 0 aromatic rings. The van der Waals surface area contributed by atoms with E-state index < -0.39 is 0 Å². The third kappa shape index (κ3) is 6.42. The molecule has 0 spiro atoms. The molecule has 1 fully saturated rings. The van der Waals surface area contributed by atoms with Gasteiger partial charge in [0.25, 0.3) is 0 Å². The van der Waals surface area contributed by atoms with Gasteiger partial charge < -0.3 is 10.6 Å². The molecule has 1 atom stereocenters. The van der Waals surface area contributed by atoms with Crippen LogP contribution < -0.4 is 5.73 Å². The maximum absolute atomic E-state index is 5.91. The molecule has 2 nitrogen and oxygen atoms in total. The smallest absolute Gasteiger partial charge is 0.00190 e. The predicted octanol–water partition coefficient (Wildman–Crippen LogP) is 3.12. The van der Waals surface area contributed by atoms with Crippen LogP contribution in [0.15, 0.2) is 0 Å². The second kappa shape index (κ2) is 6.75. The van der Waals surface area contributed by atoms with Crippen LogP contribution in [-0.2, 0) is 0 Å². The molecular formula is C15H32N2. The van der Waals surface area contributed by atoms with E-state index in [1.54, 1.807) is 0 Å². The molecule has 2 heteroatoms. The highest BCUT2D eigenvalue weighted by molar-refractivity contribution is 4.75. The summed E-state index contributed by atoms with van der Waals surface area (Å²) in [6.07, 6.45) is 7.01. The van der Waals surface area contributed by atoms with Crippen LogP contribution in [0.2, 0.25) is 0 Å². The van der Waals surface area contributed by atoms with Gasteiger partial charge >= 0.3 is 0 Å². The number of rotatable bonds is 6. The number of hydrogen-bond donors (Lipinski definition) is 1. The van der Waals surface area contributed by atoms with Gasteiger partial charge in [-0.15, -0.1) is 0 Å². The summed E-state index contributed by atoms with van der Waals surface area (Å²) in [6.45, 7) is 10.2. The van der Waals surface area contributed by atoms with Crippen molar-refractivity contribution in [3.05, 3.63) is 0 Å². The van der Waals surface area contributed by atoms with Crippen LogP contribution in [-0.4, -0.2) is 31.6 Å². The quantitative estimate of drug-likeness (QED) is 0.773. The molecule has 0 bridgehead atoms. The first kappa shape index (κ1) is 15.0. The van der Waals surface area contributed by atoms with Crippen molar-refractivity contribution in [3.63, 3.8) is 0 Å². The maximum atomic E-state index is 5.91. The van der Waals surface area contributed by atoms with Crippen LogP contribution in [0.1, 0.15) is 52.9 Å². The lowest BCUT2D eigenvalue weighted by atomic mass is 9.84.